The SMILES string of the molecule is CC(C)N(C(=O)c1c(-c2cccc([Si](C)(C)C)c2C(=O)N(C(C)C)C(C)C)cccc1[Si](C)(C)C)C(C)C. The van der Waals surface area contributed by atoms with Gasteiger partial charge in [-0.05, 0) is 76.9 Å². The zero-order valence-corrected chi connectivity index (χ0v) is 28.5. The Bertz CT molecular complexity index is 1050. The average molecular weight is 553 g/mol. The van der Waals surface area contributed by atoms with Gasteiger partial charge in [-0.2, -0.15) is 0 Å². The minimum atomic E-state index is -1.91. The van der Waals surface area contributed by atoms with Crippen molar-refractivity contribution in [1.82, 2.24) is 9.80 Å². The third-order valence-electron chi connectivity index (χ3n) is 7.16. The van der Waals surface area contributed by atoms with E-state index >= 15 is 0 Å². The number of benzene rings is 2. The van der Waals surface area contributed by atoms with Crippen LogP contribution in [-0.2, 0) is 0 Å². The summed E-state index contributed by atoms with van der Waals surface area (Å²) in [5, 5.41) is 2.29. The second-order valence-corrected chi connectivity index (χ2v) is 23.8. The molecule has 2 rings (SSSR count). The molecule has 4 nitrogen and oxygen atoms in total. The molecular formula is C32H52N2O2Si2. The lowest BCUT2D eigenvalue weighted by Crippen LogP contribution is -2.49. The van der Waals surface area contributed by atoms with E-state index in [1.54, 1.807) is 0 Å². The van der Waals surface area contributed by atoms with Crippen LogP contribution >= 0.6 is 0 Å². The molecule has 0 saturated carbocycles. The molecule has 210 valence electrons. The van der Waals surface area contributed by atoms with Crippen molar-refractivity contribution in [3.63, 3.8) is 0 Å². The summed E-state index contributed by atoms with van der Waals surface area (Å²) in [6.07, 6.45) is 0. The van der Waals surface area contributed by atoms with Crippen LogP contribution in [0, 0.1) is 0 Å². The fourth-order valence-electron chi connectivity index (χ4n) is 5.65. The van der Waals surface area contributed by atoms with E-state index in [-0.39, 0.29) is 36.0 Å². The fourth-order valence-corrected chi connectivity index (χ4v) is 8.83. The molecule has 0 aliphatic rings. The van der Waals surface area contributed by atoms with E-state index in [4.69, 9.17) is 0 Å². The number of hydrogen-bond donors (Lipinski definition) is 0. The van der Waals surface area contributed by atoms with Crippen LogP contribution in [0.25, 0.3) is 11.1 Å². The number of hydrogen-bond acceptors (Lipinski definition) is 2. The number of rotatable bonds is 9. The summed E-state index contributed by atoms with van der Waals surface area (Å²) in [6, 6.07) is 12.8. The van der Waals surface area contributed by atoms with Crippen molar-refractivity contribution in [2.45, 2.75) is 119 Å². The van der Waals surface area contributed by atoms with E-state index in [9.17, 15) is 9.59 Å². The quantitative estimate of drug-likeness (QED) is 0.316. The minimum Gasteiger partial charge on any atom is -0.334 e. The summed E-state index contributed by atoms with van der Waals surface area (Å²) in [6.45, 7) is 30.4. The molecule has 2 aromatic carbocycles. The largest absolute Gasteiger partial charge is 0.334 e. The van der Waals surface area contributed by atoms with Gasteiger partial charge in [-0.25, -0.2) is 0 Å². The van der Waals surface area contributed by atoms with E-state index in [1.165, 1.54) is 0 Å². The Morgan fingerprint density at radius 3 is 1.00 bits per heavy atom. The third kappa shape index (κ3) is 6.68. The molecule has 0 aromatic heterocycles. The molecule has 0 bridgehead atoms. The molecule has 0 atom stereocenters. The molecule has 0 saturated heterocycles. The molecule has 0 heterocycles. The second kappa shape index (κ2) is 11.9. The molecule has 6 heteroatoms. The molecule has 0 aliphatic carbocycles. The lowest BCUT2D eigenvalue weighted by molar-refractivity contribution is 0.0634. The maximum Gasteiger partial charge on any atom is 0.254 e. The van der Waals surface area contributed by atoms with Gasteiger partial charge in [-0.1, -0.05) is 75.7 Å². The van der Waals surface area contributed by atoms with Crippen LogP contribution in [0.15, 0.2) is 36.4 Å². The summed E-state index contributed by atoms with van der Waals surface area (Å²) in [5.41, 5.74) is 3.32. The van der Waals surface area contributed by atoms with E-state index in [0.29, 0.717) is 0 Å². The van der Waals surface area contributed by atoms with Gasteiger partial charge in [-0.3, -0.25) is 9.59 Å². The van der Waals surface area contributed by atoms with Gasteiger partial charge in [0.05, 0.1) is 16.1 Å². The first-order valence-corrected chi connectivity index (χ1v) is 21.2. The standard InChI is InChI=1S/C32H52N2O2Si2/c1-21(2)33(22(3)4)31(35)29-25(17-15-19-27(29)37(9,10)11)26-18-16-20-28(38(12,13)14)30(26)32(36)34(23(5)6)24(7)8/h15-24H,1-14H3. The van der Waals surface area contributed by atoms with E-state index in [2.05, 4.69) is 131 Å². The average Bonchev–Trinajstić information content (AvgIpc) is 2.75. The molecule has 2 amide bonds. The van der Waals surface area contributed by atoms with Crippen molar-refractivity contribution >= 4 is 38.3 Å². The monoisotopic (exact) mass is 552 g/mol. The Morgan fingerprint density at radius 2 is 0.789 bits per heavy atom. The lowest BCUT2D eigenvalue weighted by Gasteiger charge is -2.35. The van der Waals surface area contributed by atoms with Crippen LogP contribution in [0.5, 0.6) is 0 Å². The summed E-state index contributed by atoms with van der Waals surface area (Å²) >= 11 is 0. The minimum absolute atomic E-state index is 0.0596. The van der Waals surface area contributed by atoms with Gasteiger partial charge in [0.1, 0.15) is 0 Å². The zero-order chi connectivity index (χ0) is 29.3. The predicted octanol–water partition coefficient (Wildman–Crippen LogP) is 6.96. The summed E-state index contributed by atoms with van der Waals surface area (Å²) < 4.78 is 0. The van der Waals surface area contributed by atoms with Gasteiger partial charge in [0, 0.05) is 35.3 Å². The van der Waals surface area contributed by atoms with Gasteiger partial charge in [-0.15, -0.1) is 0 Å². The zero-order valence-electron chi connectivity index (χ0n) is 26.5. The first-order chi connectivity index (χ1) is 17.3. The van der Waals surface area contributed by atoms with Crippen LogP contribution in [-0.4, -0.2) is 61.9 Å². The van der Waals surface area contributed by atoms with Crippen LogP contribution < -0.4 is 10.4 Å². The molecule has 0 N–H and O–H groups in total. The van der Waals surface area contributed by atoms with Gasteiger partial charge >= 0.3 is 0 Å². The maximum atomic E-state index is 14.5. The molecule has 2 aromatic rings. The third-order valence-corrected chi connectivity index (χ3v) is 11.2. The summed E-state index contributed by atoms with van der Waals surface area (Å²) in [7, 11) is -3.81. The number of nitrogens with zero attached hydrogens (tertiary/aromatic N) is 2. The Balaban J connectivity index is 3.10. The van der Waals surface area contributed by atoms with Crippen molar-refractivity contribution in [3.8, 4) is 11.1 Å². The first kappa shape index (κ1) is 32.0. The summed E-state index contributed by atoms with van der Waals surface area (Å²) in [4.78, 5) is 32.9. The predicted molar refractivity (Wildman–Crippen MR) is 171 cm³/mol. The Hall–Kier alpha value is -2.19. The maximum absolute atomic E-state index is 14.5. The number of carbonyl (C=O) groups is 2. The number of amides is 2. The van der Waals surface area contributed by atoms with Crippen LogP contribution in [0.2, 0.25) is 39.3 Å². The van der Waals surface area contributed by atoms with Crippen molar-refractivity contribution in [1.29, 1.82) is 0 Å². The molecular weight excluding hydrogens is 501 g/mol. The van der Waals surface area contributed by atoms with Crippen molar-refractivity contribution in [2.24, 2.45) is 0 Å². The smallest absolute Gasteiger partial charge is 0.254 e. The van der Waals surface area contributed by atoms with E-state index in [1.807, 2.05) is 9.80 Å². The summed E-state index contributed by atoms with van der Waals surface area (Å²) in [5.74, 6) is 0.119. The number of carbonyl (C=O) groups excluding carboxylic acids is 2. The second-order valence-electron chi connectivity index (χ2n) is 13.8. The van der Waals surface area contributed by atoms with Crippen molar-refractivity contribution < 1.29 is 9.59 Å². The fraction of sp³-hybridized carbons (Fsp3) is 0.562. The molecule has 0 unspecified atom stereocenters. The highest BCUT2D eigenvalue weighted by Crippen LogP contribution is 2.31. The Kier molecular flexibility index (Phi) is 10.0. The molecule has 0 spiro atoms. The highest BCUT2D eigenvalue weighted by atomic mass is 28.3. The molecule has 38 heavy (non-hydrogen) atoms. The van der Waals surface area contributed by atoms with Crippen LogP contribution in [0.4, 0.5) is 0 Å². The Labute approximate surface area is 234 Å². The van der Waals surface area contributed by atoms with Gasteiger partial charge < -0.3 is 9.80 Å². The highest BCUT2D eigenvalue weighted by Gasteiger charge is 2.35. The highest BCUT2D eigenvalue weighted by molar-refractivity contribution is 6.90. The normalized spacial score (nSPS) is 12.6. The van der Waals surface area contributed by atoms with Gasteiger partial charge in [0.2, 0.25) is 0 Å². The van der Waals surface area contributed by atoms with Crippen molar-refractivity contribution in [2.75, 3.05) is 0 Å². The molecule has 0 radical (unpaired) electrons. The molecule has 0 aliphatic heterocycles. The topological polar surface area (TPSA) is 40.6 Å². The van der Waals surface area contributed by atoms with Crippen LogP contribution in [0.1, 0.15) is 76.1 Å². The van der Waals surface area contributed by atoms with Gasteiger partial charge in [0.25, 0.3) is 11.8 Å². The lowest BCUT2D eigenvalue weighted by atomic mass is 9.93. The Morgan fingerprint density at radius 1 is 0.526 bits per heavy atom. The van der Waals surface area contributed by atoms with E-state index in [0.717, 1.165) is 32.6 Å². The first-order valence-electron chi connectivity index (χ1n) is 14.2. The van der Waals surface area contributed by atoms with Crippen molar-refractivity contribution in [3.05, 3.63) is 47.5 Å². The van der Waals surface area contributed by atoms with Crippen LogP contribution in [0.3, 0.4) is 0 Å². The van der Waals surface area contributed by atoms with E-state index < -0.39 is 16.1 Å². The molecule has 0 fully saturated rings. The van der Waals surface area contributed by atoms with Gasteiger partial charge in [0.15, 0.2) is 0 Å².